The molecule has 7 rings (SSSR count). The van der Waals surface area contributed by atoms with Gasteiger partial charge in [-0.1, -0.05) is 113 Å². The third-order valence-electron chi connectivity index (χ3n) is 8.87. The molecule has 2 aliphatic rings. The Bertz CT molecular complexity index is 1650. The van der Waals surface area contributed by atoms with E-state index in [4.69, 9.17) is 0 Å². The van der Waals surface area contributed by atoms with Gasteiger partial charge in [0, 0.05) is 11.3 Å². The standard InChI is InChI=1S/C35H32/c1-21(2)23-10-14-28-24(19-23)12-16-31-29(28)17-18-32-30-15-11-25(20-33(30)35(3,4)34(31)32)27-13-9-22-7-5-6-8-26(22)27/h5-8,10-12,14-21,27H,9,13H2,1-4H3. The van der Waals surface area contributed by atoms with E-state index in [9.17, 15) is 0 Å². The Morgan fingerprint density at radius 1 is 0.743 bits per heavy atom. The molecule has 0 aliphatic heterocycles. The molecule has 0 radical (unpaired) electrons. The zero-order valence-corrected chi connectivity index (χ0v) is 21.2. The van der Waals surface area contributed by atoms with Gasteiger partial charge in [0.15, 0.2) is 0 Å². The minimum Gasteiger partial charge on any atom is -0.0620 e. The molecular formula is C35H32. The highest BCUT2D eigenvalue weighted by Crippen LogP contribution is 2.53. The second-order valence-electron chi connectivity index (χ2n) is 11.5. The second-order valence-corrected chi connectivity index (χ2v) is 11.5. The van der Waals surface area contributed by atoms with Crippen molar-refractivity contribution in [3.8, 4) is 11.1 Å². The molecule has 5 aromatic carbocycles. The molecule has 35 heavy (non-hydrogen) atoms. The third kappa shape index (κ3) is 2.92. The highest BCUT2D eigenvalue weighted by molar-refractivity contribution is 6.11. The maximum Gasteiger partial charge on any atom is 0.0165 e. The Morgan fingerprint density at radius 2 is 1.51 bits per heavy atom. The Balaban J connectivity index is 1.39. The molecule has 0 fully saturated rings. The van der Waals surface area contributed by atoms with Crippen LogP contribution < -0.4 is 0 Å². The SMILES string of the molecule is CC(C)c1ccc2c(ccc3c4c(ccc32)-c2ccc(C3CCc5ccccc53)cc2C4(C)C)c1. The second kappa shape index (κ2) is 7.31. The van der Waals surface area contributed by atoms with Crippen molar-refractivity contribution in [1.29, 1.82) is 0 Å². The predicted molar refractivity (Wildman–Crippen MR) is 150 cm³/mol. The number of benzene rings is 5. The summed E-state index contributed by atoms with van der Waals surface area (Å²) in [6.45, 7) is 9.39. The molecule has 0 spiro atoms. The van der Waals surface area contributed by atoms with Crippen LogP contribution in [0.1, 0.15) is 79.3 Å². The van der Waals surface area contributed by atoms with Crippen LogP contribution in [0.4, 0.5) is 0 Å². The highest BCUT2D eigenvalue weighted by Gasteiger charge is 2.38. The zero-order chi connectivity index (χ0) is 23.9. The van der Waals surface area contributed by atoms with E-state index in [0.717, 1.165) is 0 Å². The van der Waals surface area contributed by atoms with Crippen molar-refractivity contribution in [2.45, 2.75) is 57.8 Å². The van der Waals surface area contributed by atoms with E-state index in [0.29, 0.717) is 11.8 Å². The minimum atomic E-state index is -0.0239. The number of rotatable bonds is 2. The van der Waals surface area contributed by atoms with Crippen LogP contribution in [-0.4, -0.2) is 0 Å². The molecule has 0 saturated carbocycles. The normalized spacial score (nSPS) is 17.7. The van der Waals surface area contributed by atoms with Gasteiger partial charge in [0.1, 0.15) is 0 Å². The van der Waals surface area contributed by atoms with Gasteiger partial charge in [0.2, 0.25) is 0 Å². The van der Waals surface area contributed by atoms with Crippen molar-refractivity contribution in [3.05, 3.63) is 118 Å². The van der Waals surface area contributed by atoms with Crippen molar-refractivity contribution in [2.24, 2.45) is 0 Å². The van der Waals surface area contributed by atoms with Gasteiger partial charge in [-0.3, -0.25) is 0 Å². The summed E-state index contributed by atoms with van der Waals surface area (Å²) in [5.74, 6) is 1.07. The van der Waals surface area contributed by atoms with Gasteiger partial charge in [-0.2, -0.15) is 0 Å². The van der Waals surface area contributed by atoms with Gasteiger partial charge in [0.25, 0.3) is 0 Å². The zero-order valence-electron chi connectivity index (χ0n) is 21.2. The highest BCUT2D eigenvalue weighted by atomic mass is 14.4. The Labute approximate surface area is 208 Å². The van der Waals surface area contributed by atoms with E-state index in [1.54, 1.807) is 0 Å². The molecule has 5 aromatic rings. The van der Waals surface area contributed by atoms with Crippen LogP contribution in [0.3, 0.4) is 0 Å². The molecule has 0 heterocycles. The Hall–Kier alpha value is -3.38. The molecule has 0 aromatic heterocycles. The molecular weight excluding hydrogens is 420 g/mol. The summed E-state index contributed by atoms with van der Waals surface area (Å²) in [6.07, 6.45) is 2.41. The first-order valence-corrected chi connectivity index (χ1v) is 13.2. The fourth-order valence-electron chi connectivity index (χ4n) is 6.99. The monoisotopic (exact) mass is 452 g/mol. The molecule has 172 valence electrons. The van der Waals surface area contributed by atoms with Crippen LogP contribution in [0.25, 0.3) is 32.7 Å². The molecule has 0 bridgehead atoms. The number of hydrogen-bond donors (Lipinski definition) is 0. The summed E-state index contributed by atoms with van der Waals surface area (Å²) in [6, 6.07) is 32.8. The van der Waals surface area contributed by atoms with Crippen molar-refractivity contribution < 1.29 is 0 Å². The molecule has 1 atom stereocenters. The number of fused-ring (bicyclic) bond motifs is 8. The van der Waals surface area contributed by atoms with Gasteiger partial charge < -0.3 is 0 Å². The largest absolute Gasteiger partial charge is 0.0620 e. The third-order valence-corrected chi connectivity index (χ3v) is 8.87. The molecule has 1 unspecified atom stereocenters. The van der Waals surface area contributed by atoms with Crippen LogP contribution in [-0.2, 0) is 11.8 Å². The van der Waals surface area contributed by atoms with Crippen LogP contribution >= 0.6 is 0 Å². The topological polar surface area (TPSA) is 0 Å². The summed E-state index contributed by atoms with van der Waals surface area (Å²) in [7, 11) is 0. The fourth-order valence-corrected chi connectivity index (χ4v) is 6.99. The quantitative estimate of drug-likeness (QED) is 0.234. The molecule has 0 N–H and O–H groups in total. The van der Waals surface area contributed by atoms with Gasteiger partial charge in [-0.05, 0) is 84.8 Å². The number of aryl methyl sites for hydroxylation is 1. The molecule has 0 saturated heterocycles. The average molecular weight is 453 g/mol. The van der Waals surface area contributed by atoms with Crippen molar-refractivity contribution >= 4 is 21.5 Å². The Morgan fingerprint density at radius 3 is 2.37 bits per heavy atom. The lowest BCUT2D eigenvalue weighted by Gasteiger charge is -2.25. The summed E-state index contributed by atoms with van der Waals surface area (Å²) < 4.78 is 0. The first-order chi connectivity index (χ1) is 16.9. The summed E-state index contributed by atoms with van der Waals surface area (Å²) in [5.41, 5.74) is 11.7. The first kappa shape index (κ1) is 20.9. The maximum atomic E-state index is 2.53. The molecule has 0 nitrogen and oxygen atoms in total. The van der Waals surface area contributed by atoms with E-state index in [1.807, 2.05) is 0 Å². The van der Waals surface area contributed by atoms with Crippen molar-refractivity contribution in [2.75, 3.05) is 0 Å². The minimum absolute atomic E-state index is 0.0239. The van der Waals surface area contributed by atoms with Gasteiger partial charge in [0.05, 0.1) is 0 Å². The van der Waals surface area contributed by atoms with Crippen molar-refractivity contribution in [1.82, 2.24) is 0 Å². The van der Waals surface area contributed by atoms with E-state index in [-0.39, 0.29) is 5.41 Å². The van der Waals surface area contributed by atoms with Crippen LogP contribution in [0.15, 0.2) is 84.9 Å². The predicted octanol–water partition coefficient (Wildman–Crippen LogP) is 9.50. The fraction of sp³-hybridized carbons (Fsp3) is 0.257. The van der Waals surface area contributed by atoms with Crippen LogP contribution in [0, 0.1) is 0 Å². The molecule has 2 aliphatic carbocycles. The average Bonchev–Trinajstić information content (AvgIpc) is 3.40. The number of hydrogen-bond acceptors (Lipinski definition) is 0. The van der Waals surface area contributed by atoms with E-state index in [2.05, 4.69) is 113 Å². The first-order valence-electron chi connectivity index (χ1n) is 13.2. The van der Waals surface area contributed by atoms with E-state index >= 15 is 0 Å². The van der Waals surface area contributed by atoms with E-state index < -0.39 is 0 Å². The van der Waals surface area contributed by atoms with Crippen LogP contribution in [0.2, 0.25) is 0 Å². The van der Waals surface area contributed by atoms with Gasteiger partial charge >= 0.3 is 0 Å². The van der Waals surface area contributed by atoms with Crippen LogP contribution in [0.5, 0.6) is 0 Å². The van der Waals surface area contributed by atoms with Crippen molar-refractivity contribution in [3.63, 3.8) is 0 Å². The molecule has 0 heteroatoms. The van der Waals surface area contributed by atoms with Gasteiger partial charge in [-0.15, -0.1) is 0 Å². The lowest BCUT2D eigenvalue weighted by molar-refractivity contribution is 0.663. The summed E-state index contributed by atoms with van der Waals surface area (Å²) >= 11 is 0. The lowest BCUT2D eigenvalue weighted by Crippen LogP contribution is -2.16. The van der Waals surface area contributed by atoms with E-state index in [1.165, 1.54) is 78.9 Å². The smallest absolute Gasteiger partial charge is 0.0165 e. The lowest BCUT2D eigenvalue weighted by atomic mass is 9.78. The summed E-state index contributed by atoms with van der Waals surface area (Å²) in [5, 5.41) is 5.49. The Kier molecular flexibility index (Phi) is 4.38. The molecule has 0 amide bonds. The van der Waals surface area contributed by atoms with Gasteiger partial charge in [-0.25, -0.2) is 0 Å². The maximum absolute atomic E-state index is 2.53. The summed E-state index contributed by atoms with van der Waals surface area (Å²) in [4.78, 5) is 0.